The molecule has 5 heteroatoms. The largest absolute Gasteiger partial charge is 0.350 e. The number of H-pyrrole nitrogens is 1. The highest BCUT2D eigenvalue weighted by atomic mass is 16.1. The second kappa shape index (κ2) is 4.72. The summed E-state index contributed by atoms with van der Waals surface area (Å²) in [4.78, 5) is 11.4. The molecule has 15 heavy (non-hydrogen) atoms. The van der Waals surface area contributed by atoms with E-state index in [0.29, 0.717) is 12.2 Å². The van der Waals surface area contributed by atoms with Crippen molar-refractivity contribution in [3.05, 3.63) is 23.5 Å². The third kappa shape index (κ3) is 2.65. The van der Waals surface area contributed by atoms with E-state index in [-0.39, 0.29) is 5.91 Å². The Bertz CT molecular complexity index is 356. The van der Waals surface area contributed by atoms with E-state index in [0.717, 1.165) is 6.42 Å². The monoisotopic (exact) mass is 206 g/mol. The molecule has 0 spiro atoms. The molecule has 0 aliphatic heterocycles. The van der Waals surface area contributed by atoms with Gasteiger partial charge in [0, 0.05) is 6.54 Å². The molecule has 0 atom stereocenters. The fourth-order valence-corrected chi connectivity index (χ4v) is 1.70. The lowest BCUT2D eigenvalue weighted by Crippen LogP contribution is -2.25. The van der Waals surface area contributed by atoms with Crippen LogP contribution in [0.25, 0.3) is 0 Å². The number of nitrogens with one attached hydrogen (secondary N) is 2. The number of aromatic nitrogens is 3. The summed E-state index contributed by atoms with van der Waals surface area (Å²) >= 11 is 0. The second-order valence-electron chi connectivity index (χ2n) is 3.62. The van der Waals surface area contributed by atoms with E-state index < -0.39 is 0 Å². The smallest absolute Gasteiger partial charge is 0.273 e. The molecule has 1 aliphatic carbocycles. The number of carbonyl (C=O) groups excluding carboxylic acids is 1. The van der Waals surface area contributed by atoms with Crippen LogP contribution in [-0.4, -0.2) is 27.9 Å². The van der Waals surface area contributed by atoms with Crippen molar-refractivity contribution in [3.63, 3.8) is 0 Å². The maximum absolute atomic E-state index is 11.4. The SMILES string of the molecule is O=C(NCCC1=CCCC1)c1cn[nH]n1. The minimum absolute atomic E-state index is 0.164. The minimum atomic E-state index is -0.164. The molecule has 1 amide bonds. The maximum Gasteiger partial charge on any atom is 0.273 e. The van der Waals surface area contributed by atoms with E-state index in [1.807, 2.05) is 0 Å². The van der Waals surface area contributed by atoms with E-state index in [1.54, 1.807) is 0 Å². The molecule has 2 rings (SSSR count). The summed E-state index contributed by atoms with van der Waals surface area (Å²) in [6.45, 7) is 0.678. The summed E-state index contributed by atoms with van der Waals surface area (Å²) in [5, 5.41) is 12.5. The lowest BCUT2D eigenvalue weighted by molar-refractivity contribution is 0.0949. The molecule has 5 nitrogen and oxygen atoms in total. The first-order valence-corrected chi connectivity index (χ1v) is 5.18. The number of hydrogen-bond acceptors (Lipinski definition) is 3. The summed E-state index contributed by atoms with van der Waals surface area (Å²) in [5.41, 5.74) is 1.80. The second-order valence-corrected chi connectivity index (χ2v) is 3.62. The highest BCUT2D eigenvalue weighted by molar-refractivity contribution is 5.91. The van der Waals surface area contributed by atoms with Crippen LogP contribution >= 0.6 is 0 Å². The van der Waals surface area contributed by atoms with Gasteiger partial charge in [-0.1, -0.05) is 11.6 Å². The van der Waals surface area contributed by atoms with Crippen molar-refractivity contribution < 1.29 is 4.79 Å². The molecule has 1 aromatic rings. The summed E-state index contributed by atoms with van der Waals surface area (Å²) in [6, 6.07) is 0. The van der Waals surface area contributed by atoms with Gasteiger partial charge in [-0.2, -0.15) is 15.4 Å². The van der Waals surface area contributed by atoms with Crippen molar-refractivity contribution >= 4 is 5.91 Å². The van der Waals surface area contributed by atoms with Crippen molar-refractivity contribution in [1.82, 2.24) is 20.7 Å². The van der Waals surface area contributed by atoms with Crippen molar-refractivity contribution in [2.24, 2.45) is 0 Å². The van der Waals surface area contributed by atoms with Crippen LogP contribution in [0.5, 0.6) is 0 Å². The Morgan fingerprint density at radius 3 is 3.20 bits per heavy atom. The normalized spacial score (nSPS) is 15.1. The Balaban J connectivity index is 1.72. The summed E-state index contributed by atoms with van der Waals surface area (Å²) in [6.07, 6.45) is 8.26. The zero-order chi connectivity index (χ0) is 10.5. The Morgan fingerprint density at radius 1 is 1.60 bits per heavy atom. The topological polar surface area (TPSA) is 70.7 Å². The number of allylic oxidation sites excluding steroid dienone is 1. The Hall–Kier alpha value is -1.65. The summed E-state index contributed by atoms with van der Waals surface area (Å²) in [7, 11) is 0. The highest BCUT2D eigenvalue weighted by Crippen LogP contribution is 2.19. The van der Waals surface area contributed by atoms with Gasteiger partial charge in [0.05, 0.1) is 6.20 Å². The number of hydrogen-bond donors (Lipinski definition) is 2. The third-order valence-electron chi connectivity index (χ3n) is 2.51. The lowest BCUT2D eigenvalue weighted by atomic mass is 10.2. The van der Waals surface area contributed by atoms with Gasteiger partial charge in [0.15, 0.2) is 5.69 Å². The molecule has 0 saturated heterocycles. The minimum Gasteiger partial charge on any atom is -0.350 e. The number of aromatic amines is 1. The van der Waals surface area contributed by atoms with E-state index in [2.05, 4.69) is 26.8 Å². The van der Waals surface area contributed by atoms with Gasteiger partial charge >= 0.3 is 0 Å². The molecule has 0 aromatic carbocycles. The van der Waals surface area contributed by atoms with E-state index >= 15 is 0 Å². The van der Waals surface area contributed by atoms with Crippen LogP contribution in [0.15, 0.2) is 17.8 Å². The van der Waals surface area contributed by atoms with Gasteiger partial charge in [-0.3, -0.25) is 4.79 Å². The summed E-state index contributed by atoms with van der Waals surface area (Å²) in [5.74, 6) is -0.164. The molecular formula is C10H14N4O. The summed E-state index contributed by atoms with van der Waals surface area (Å²) < 4.78 is 0. The molecule has 1 aromatic heterocycles. The zero-order valence-corrected chi connectivity index (χ0v) is 8.49. The number of nitrogens with zero attached hydrogens (tertiary/aromatic N) is 2. The van der Waals surface area contributed by atoms with Crippen molar-refractivity contribution in [2.45, 2.75) is 25.7 Å². The maximum atomic E-state index is 11.4. The predicted octanol–water partition coefficient (Wildman–Crippen LogP) is 1.03. The van der Waals surface area contributed by atoms with Gasteiger partial charge in [0.1, 0.15) is 0 Å². The predicted molar refractivity (Wildman–Crippen MR) is 55.3 cm³/mol. The van der Waals surface area contributed by atoms with Crippen LogP contribution in [0.1, 0.15) is 36.2 Å². The highest BCUT2D eigenvalue weighted by Gasteiger charge is 2.08. The molecule has 1 heterocycles. The first-order valence-electron chi connectivity index (χ1n) is 5.18. The molecule has 0 bridgehead atoms. The molecule has 0 saturated carbocycles. The molecular weight excluding hydrogens is 192 g/mol. The van der Waals surface area contributed by atoms with Crippen molar-refractivity contribution in [1.29, 1.82) is 0 Å². The Labute approximate surface area is 88.0 Å². The third-order valence-corrected chi connectivity index (χ3v) is 2.51. The van der Waals surface area contributed by atoms with Gasteiger partial charge in [-0.15, -0.1) is 0 Å². The first kappa shape index (κ1) is 9.89. The van der Waals surface area contributed by atoms with Gasteiger partial charge in [-0.05, 0) is 25.7 Å². The van der Waals surface area contributed by atoms with Gasteiger partial charge in [0.25, 0.3) is 5.91 Å². The Morgan fingerprint density at radius 2 is 2.53 bits per heavy atom. The van der Waals surface area contributed by atoms with Crippen LogP contribution in [-0.2, 0) is 0 Å². The quantitative estimate of drug-likeness (QED) is 0.723. The van der Waals surface area contributed by atoms with Crippen LogP contribution in [0, 0.1) is 0 Å². The number of carbonyl (C=O) groups is 1. The van der Waals surface area contributed by atoms with E-state index in [1.165, 1.54) is 31.0 Å². The van der Waals surface area contributed by atoms with Crippen LogP contribution in [0.4, 0.5) is 0 Å². The molecule has 2 N–H and O–H groups in total. The average Bonchev–Trinajstić information content (AvgIpc) is 2.90. The number of rotatable bonds is 4. The van der Waals surface area contributed by atoms with Crippen molar-refractivity contribution in [2.75, 3.05) is 6.54 Å². The molecule has 0 unspecified atom stereocenters. The zero-order valence-electron chi connectivity index (χ0n) is 8.49. The first-order chi connectivity index (χ1) is 7.36. The molecule has 1 aliphatic rings. The van der Waals surface area contributed by atoms with E-state index in [4.69, 9.17) is 0 Å². The van der Waals surface area contributed by atoms with Crippen molar-refractivity contribution in [3.8, 4) is 0 Å². The number of amides is 1. The van der Waals surface area contributed by atoms with Gasteiger partial charge < -0.3 is 5.32 Å². The van der Waals surface area contributed by atoms with Gasteiger partial charge in [0.2, 0.25) is 0 Å². The fraction of sp³-hybridized carbons (Fsp3) is 0.500. The lowest BCUT2D eigenvalue weighted by Gasteiger charge is -2.03. The molecule has 80 valence electrons. The molecule has 0 fully saturated rings. The standard InChI is InChI=1S/C10H14N4O/c15-10(9-7-12-14-13-9)11-6-5-8-3-1-2-4-8/h3,7H,1-2,4-6H2,(H,11,15)(H,12,13,14). The molecule has 0 radical (unpaired) electrons. The van der Waals surface area contributed by atoms with Gasteiger partial charge in [-0.25, -0.2) is 0 Å². The van der Waals surface area contributed by atoms with Crippen LogP contribution in [0.2, 0.25) is 0 Å². The van der Waals surface area contributed by atoms with E-state index in [9.17, 15) is 4.79 Å². The van der Waals surface area contributed by atoms with Crippen LogP contribution < -0.4 is 5.32 Å². The average molecular weight is 206 g/mol. The fourth-order valence-electron chi connectivity index (χ4n) is 1.70. The van der Waals surface area contributed by atoms with Crippen LogP contribution in [0.3, 0.4) is 0 Å². The Kier molecular flexibility index (Phi) is 3.11.